The van der Waals surface area contributed by atoms with Crippen LogP contribution >= 0.6 is 0 Å². The lowest BCUT2D eigenvalue weighted by Crippen LogP contribution is -2.23. The molecule has 1 aromatic rings. The standard InChI is InChI=1S/C13H23N5/c1-2-5-14-8-13-15-16-17-18(13)9-12-7-10-3-4-11(12)6-10/h10-12,14H,2-9H2,1H3. The van der Waals surface area contributed by atoms with Crippen LogP contribution in [0.1, 0.15) is 44.9 Å². The van der Waals surface area contributed by atoms with E-state index in [1.807, 2.05) is 4.68 Å². The third-order valence-electron chi connectivity index (χ3n) is 4.61. The van der Waals surface area contributed by atoms with Gasteiger partial charge < -0.3 is 5.32 Å². The Hall–Kier alpha value is -0.970. The number of tetrazole rings is 1. The largest absolute Gasteiger partial charge is 0.310 e. The van der Waals surface area contributed by atoms with Crippen LogP contribution in [0.2, 0.25) is 0 Å². The van der Waals surface area contributed by atoms with Crippen LogP contribution in [0.25, 0.3) is 0 Å². The quantitative estimate of drug-likeness (QED) is 0.778. The predicted octanol–water partition coefficient (Wildman–Crippen LogP) is 1.61. The van der Waals surface area contributed by atoms with Crippen LogP contribution in [0.3, 0.4) is 0 Å². The van der Waals surface area contributed by atoms with Crippen LogP contribution in [0, 0.1) is 17.8 Å². The monoisotopic (exact) mass is 249 g/mol. The van der Waals surface area contributed by atoms with Gasteiger partial charge in [0.25, 0.3) is 0 Å². The van der Waals surface area contributed by atoms with E-state index in [-0.39, 0.29) is 0 Å². The van der Waals surface area contributed by atoms with Crippen molar-refractivity contribution in [2.24, 2.45) is 17.8 Å². The van der Waals surface area contributed by atoms with Crippen molar-refractivity contribution >= 4 is 0 Å². The molecule has 0 saturated heterocycles. The fourth-order valence-corrected chi connectivity index (χ4v) is 3.69. The lowest BCUT2D eigenvalue weighted by atomic mass is 9.89. The van der Waals surface area contributed by atoms with Crippen molar-refractivity contribution in [3.8, 4) is 0 Å². The van der Waals surface area contributed by atoms with Gasteiger partial charge in [-0.1, -0.05) is 13.3 Å². The molecule has 2 fully saturated rings. The summed E-state index contributed by atoms with van der Waals surface area (Å²) in [5.41, 5.74) is 0. The predicted molar refractivity (Wildman–Crippen MR) is 68.8 cm³/mol. The smallest absolute Gasteiger partial charge is 0.165 e. The first kappa shape index (κ1) is 12.1. The highest BCUT2D eigenvalue weighted by Crippen LogP contribution is 2.48. The van der Waals surface area contributed by atoms with Gasteiger partial charge in [0.2, 0.25) is 0 Å². The molecular weight excluding hydrogens is 226 g/mol. The minimum absolute atomic E-state index is 0.793. The zero-order chi connectivity index (χ0) is 12.4. The van der Waals surface area contributed by atoms with Crippen LogP contribution in [-0.2, 0) is 13.1 Å². The van der Waals surface area contributed by atoms with E-state index < -0.39 is 0 Å². The minimum atomic E-state index is 0.793. The molecule has 5 heteroatoms. The number of aromatic nitrogens is 4. The lowest BCUT2D eigenvalue weighted by Gasteiger charge is -2.21. The average molecular weight is 249 g/mol. The molecule has 3 rings (SSSR count). The molecule has 5 nitrogen and oxygen atoms in total. The first-order chi connectivity index (χ1) is 8.86. The SMILES string of the molecule is CCCNCc1nnnn1CC1CC2CCC1C2. The molecule has 1 aromatic heterocycles. The Kier molecular flexibility index (Phi) is 3.59. The number of rotatable bonds is 6. The second kappa shape index (κ2) is 5.34. The average Bonchev–Trinajstić information content (AvgIpc) is 3.07. The van der Waals surface area contributed by atoms with Crippen LogP contribution < -0.4 is 5.32 Å². The molecule has 2 aliphatic rings. The molecule has 0 aromatic carbocycles. The van der Waals surface area contributed by atoms with Crippen molar-refractivity contribution in [1.29, 1.82) is 0 Å². The molecule has 2 saturated carbocycles. The second-order valence-electron chi connectivity index (χ2n) is 5.89. The molecule has 0 radical (unpaired) electrons. The zero-order valence-corrected chi connectivity index (χ0v) is 11.2. The summed E-state index contributed by atoms with van der Waals surface area (Å²) in [6.45, 7) is 5.02. The van der Waals surface area contributed by atoms with E-state index in [0.717, 1.165) is 49.6 Å². The van der Waals surface area contributed by atoms with Crippen LogP contribution in [0.5, 0.6) is 0 Å². The summed E-state index contributed by atoms with van der Waals surface area (Å²) in [7, 11) is 0. The van der Waals surface area contributed by atoms with Crippen LogP contribution in [-0.4, -0.2) is 26.8 Å². The van der Waals surface area contributed by atoms with Crippen molar-refractivity contribution in [1.82, 2.24) is 25.5 Å². The molecule has 2 bridgehead atoms. The van der Waals surface area contributed by atoms with Gasteiger partial charge in [0.15, 0.2) is 5.82 Å². The van der Waals surface area contributed by atoms with Crippen molar-refractivity contribution in [3.05, 3.63) is 5.82 Å². The van der Waals surface area contributed by atoms with Gasteiger partial charge in [-0.2, -0.15) is 0 Å². The number of fused-ring (bicyclic) bond motifs is 2. The van der Waals surface area contributed by atoms with Gasteiger partial charge in [0, 0.05) is 6.54 Å². The van der Waals surface area contributed by atoms with E-state index in [4.69, 9.17) is 0 Å². The third-order valence-corrected chi connectivity index (χ3v) is 4.61. The van der Waals surface area contributed by atoms with E-state index in [2.05, 4.69) is 27.8 Å². The topological polar surface area (TPSA) is 55.6 Å². The van der Waals surface area contributed by atoms with Crippen molar-refractivity contribution < 1.29 is 0 Å². The molecule has 1 N–H and O–H groups in total. The van der Waals surface area contributed by atoms with E-state index in [1.165, 1.54) is 25.7 Å². The Balaban J connectivity index is 1.57. The first-order valence-corrected chi connectivity index (χ1v) is 7.32. The molecule has 1 heterocycles. The molecule has 0 spiro atoms. The van der Waals surface area contributed by atoms with Gasteiger partial charge in [0.05, 0.1) is 6.54 Å². The van der Waals surface area contributed by atoms with Crippen LogP contribution in [0.4, 0.5) is 0 Å². The maximum atomic E-state index is 4.16. The minimum Gasteiger partial charge on any atom is -0.310 e. The third kappa shape index (κ3) is 2.41. The van der Waals surface area contributed by atoms with E-state index >= 15 is 0 Å². The second-order valence-corrected chi connectivity index (χ2v) is 5.89. The molecule has 2 aliphatic carbocycles. The maximum Gasteiger partial charge on any atom is 0.165 e. The first-order valence-electron chi connectivity index (χ1n) is 7.32. The van der Waals surface area contributed by atoms with Gasteiger partial charge >= 0.3 is 0 Å². The Morgan fingerprint density at radius 3 is 3.00 bits per heavy atom. The van der Waals surface area contributed by atoms with Crippen molar-refractivity contribution in [3.63, 3.8) is 0 Å². The summed E-state index contributed by atoms with van der Waals surface area (Å²) < 4.78 is 2.02. The summed E-state index contributed by atoms with van der Waals surface area (Å²) >= 11 is 0. The fraction of sp³-hybridized carbons (Fsp3) is 0.923. The van der Waals surface area contributed by atoms with Gasteiger partial charge in [-0.3, -0.25) is 0 Å². The van der Waals surface area contributed by atoms with Gasteiger partial charge in [-0.15, -0.1) is 5.10 Å². The summed E-state index contributed by atoms with van der Waals surface area (Å²) in [5, 5.41) is 15.5. The highest BCUT2D eigenvalue weighted by atomic mass is 15.5. The molecule has 3 unspecified atom stereocenters. The van der Waals surface area contributed by atoms with Gasteiger partial charge in [0.1, 0.15) is 0 Å². The summed E-state index contributed by atoms with van der Waals surface area (Å²) in [6.07, 6.45) is 6.89. The van der Waals surface area contributed by atoms with Crippen molar-refractivity contribution in [2.45, 2.75) is 52.1 Å². The lowest BCUT2D eigenvalue weighted by molar-refractivity contribution is 0.279. The fourth-order valence-electron chi connectivity index (χ4n) is 3.69. The molecule has 0 aliphatic heterocycles. The Labute approximate surface area is 108 Å². The highest BCUT2D eigenvalue weighted by molar-refractivity contribution is 4.91. The summed E-state index contributed by atoms with van der Waals surface area (Å²) in [5.74, 6) is 3.75. The van der Waals surface area contributed by atoms with Crippen LogP contribution in [0.15, 0.2) is 0 Å². The van der Waals surface area contributed by atoms with Gasteiger partial charge in [-0.05, 0) is 60.4 Å². The molecular formula is C13H23N5. The summed E-state index contributed by atoms with van der Waals surface area (Å²) in [4.78, 5) is 0. The zero-order valence-electron chi connectivity index (χ0n) is 11.2. The summed E-state index contributed by atoms with van der Waals surface area (Å²) in [6, 6.07) is 0. The Bertz CT molecular complexity index is 388. The normalized spacial score (nSPS) is 30.2. The molecule has 0 amide bonds. The van der Waals surface area contributed by atoms with Crippen molar-refractivity contribution in [2.75, 3.05) is 6.54 Å². The molecule has 100 valence electrons. The number of hydrogen-bond acceptors (Lipinski definition) is 4. The number of nitrogens with one attached hydrogen (secondary N) is 1. The van der Waals surface area contributed by atoms with E-state index in [9.17, 15) is 0 Å². The highest BCUT2D eigenvalue weighted by Gasteiger charge is 2.39. The van der Waals surface area contributed by atoms with E-state index in [1.54, 1.807) is 0 Å². The Morgan fingerprint density at radius 2 is 2.28 bits per heavy atom. The molecule has 18 heavy (non-hydrogen) atoms. The molecule has 3 atom stereocenters. The van der Waals surface area contributed by atoms with E-state index in [0.29, 0.717) is 0 Å². The Morgan fingerprint density at radius 1 is 1.33 bits per heavy atom. The number of nitrogens with zero attached hydrogens (tertiary/aromatic N) is 4. The van der Waals surface area contributed by atoms with Gasteiger partial charge in [-0.25, -0.2) is 4.68 Å². The number of hydrogen-bond donors (Lipinski definition) is 1. The maximum absolute atomic E-state index is 4.16.